The molecule has 0 aromatic rings. The average molecular weight is 289 g/mol. The zero-order valence-electron chi connectivity index (χ0n) is 10.9. The molecule has 1 unspecified atom stereocenters. The monoisotopic (exact) mass is 289 g/mol. The molecule has 1 atom stereocenters. The number of carbonyl (C=O) groups is 2. The highest BCUT2D eigenvalue weighted by Crippen LogP contribution is 2.19. The zero-order chi connectivity index (χ0) is 13.7. The van der Waals surface area contributed by atoms with E-state index in [0.717, 1.165) is 13.1 Å². The van der Waals surface area contributed by atoms with Gasteiger partial charge in [-0.05, 0) is 20.8 Å². The second-order valence-electron chi connectivity index (χ2n) is 3.92. The molecule has 0 spiro atoms. The summed E-state index contributed by atoms with van der Waals surface area (Å²) in [5.74, 6) is -0.176. The van der Waals surface area contributed by atoms with Gasteiger partial charge in [0.05, 0.1) is 5.25 Å². The first-order chi connectivity index (χ1) is 8.51. The third-order valence-electron chi connectivity index (χ3n) is 2.77. The minimum Gasteiger partial charge on any atom is -0.358 e. The van der Waals surface area contributed by atoms with Crippen molar-refractivity contribution in [1.82, 2.24) is 15.1 Å². The van der Waals surface area contributed by atoms with Crippen LogP contribution in [0.2, 0.25) is 0 Å². The molecule has 0 aliphatic carbocycles. The molecule has 18 heavy (non-hydrogen) atoms. The Bertz CT molecular complexity index is 345. The Morgan fingerprint density at radius 1 is 1.56 bits per heavy atom. The topological polar surface area (TPSA) is 52.7 Å². The summed E-state index contributed by atoms with van der Waals surface area (Å²) >= 11 is 6.63. The molecule has 0 radical (unpaired) electrons. The SMILES string of the molecule is CCN(CC)C(=S)SC(C)C(=O)N1CCNC1=O. The number of carbonyl (C=O) groups excluding carboxylic acids is 2. The van der Waals surface area contributed by atoms with Crippen molar-refractivity contribution in [1.29, 1.82) is 0 Å². The minimum absolute atomic E-state index is 0.176. The highest BCUT2D eigenvalue weighted by atomic mass is 32.2. The summed E-state index contributed by atoms with van der Waals surface area (Å²) in [7, 11) is 0. The van der Waals surface area contributed by atoms with E-state index in [9.17, 15) is 9.59 Å². The lowest BCUT2D eigenvalue weighted by molar-refractivity contribution is -0.126. The molecule has 1 heterocycles. The zero-order valence-corrected chi connectivity index (χ0v) is 12.6. The number of hydrogen-bond acceptors (Lipinski definition) is 4. The highest BCUT2D eigenvalue weighted by Gasteiger charge is 2.30. The molecular formula is C11H19N3O2S2. The van der Waals surface area contributed by atoms with E-state index in [4.69, 9.17) is 12.2 Å². The number of urea groups is 1. The Morgan fingerprint density at radius 3 is 2.61 bits per heavy atom. The third kappa shape index (κ3) is 3.58. The maximum atomic E-state index is 12.1. The van der Waals surface area contributed by atoms with E-state index >= 15 is 0 Å². The fourth-order valence-electron chi connectivity index (χ4n) is 1.66. The van der Waals surface area contributed by atoms with Crippen molar-refractivity contribution < 1.29 is 9.59 Å². The van der Waals surface area contributed by atoms with E-state index in [1.54, 1.807) is 6.92 Å². The summed E-state index contributed by atoms with van der Waals surface area (Å²) in [4.78, 5) is 26.7. The van der Waals surface area contributed by atoms with Gasteiger partial charge < -0.3 is 10.2 Å². The molecule has 0 aromatic heterocycles. The normalized spacial score (nSPS) is 16.4. The number of thioether (sulfide) groups is 1. The Morgan fingerprint density at radius 2 is 2.17 bits per heavy atom. The van der Waals surface area contributed by atoms with Gasteiger partial charge >= 0.3 is 6.03 Å². The number of imide groups is 1. The number of thiocarbonyl (C=S) groups is 1. The van der Waals surface area contributed by atoms with Gasteiger partial charge in [-0.1, -0.05) is 24.0 Å². The first kappa shape index (κ1) is 15.2. The fourth-order valence-corrected chi connectivity index (χ4v) is 3.29. The van der Waals surface area contributed by atoms with Crippen molar-refractivity contribution >= 4 is 40.2 Å². The lowest BCUT2D eigenvalue weighted by atomic mass is 10.4. The first-order valence-corrected chi connectivity index (χ1v) is 7.34. The van der Waals surface area contributed by atoms with E-state index in [1.165, 1.54) is 16.7 Å². The molecule has 102 valence electrons. The number of amides is 3. The summed E-state index contributed by atoms with van der Waals surface area (Å²) in [6.07, 6.45) is 0. The van der Waals surface area contributed by atoms with Crippen molar-refractivity contribution in [3.8, 4) is 0 Å². The molecule has 1 fully saturated rings. The predicted octanol–water partition coefficient (Wildman–Crippen LogP) is 1.29. The number of rotatable bonds is 4. The fraction of sp³-hybridized carbons (Fsp3) is 0.727. The second kappa shape index (κ2) is 6.94. The summed E-state index contributed by atoms with van der Waals surface area (Å²) in [5.41, 5.74) is 0. The van der Waals surface area contributed by atoms with Crippen LogP contribution in [-0.4, -0.2) is 57.5 Å². The summed E-state index contributed by atoms with van der Waals surface area (Å²) in [6.45, 7) is 8.46. The van der Waals surface area contributed by atoms with E-state index in [0.29, 0.717) is 17.4 Å². The van der Waals surface area contributed by atoms with Gasteiger partial charge in [-0.3, -0.25) is 9.69 Å². The Hall–Kier alpha value is -0.820. The van der Waals surface area contributed by atoms with Gasteiger partial charge in [0.25, 0.3) is 0 Å². The van der Waals surface area contributed by atoms with Crippen LogP contribution in [-0.2, 0) is 4.79 Å². The summed E-state index contributed by atoms with van der Waals surface area (Å²) < 4.78 is 0.709. The van der Waals surface area contributed by atoms with Crippen LogP contribution in [0, 0.1) is 0 Å². The third-order valence-corrected chi connectivity index (χ3v) is 4.33. The molecule has 1 aliphatic heterocycles. The lowest BCUT2D eigenvalue weighted by Gasteiger charge is -2.24. The molecule has 5 nitrogen and oxygen atoms in total. The molecule has 7 heteroatoms. The molecule has 1 saturated heterocycles. The molecule has 1 aliphatic rings. The van der Waals surface area contributed by atoms with Crippen LogP contribution in [0.4, 0.5) is 4.79 Å². The molecule has 3 amide bonds. The standard InChI is InChI=1S/C11H19N3O2S2/c1-4-13(5-2)11(17)18-8(3)9(15)14-7-6-12-10(14)16/h8H,4-7H2,1-3H3,(H,12,16). The smallest absolute Gasteiger partial charge is 0.324 e. The largest absolute Gasteiger partial charge is 0.358 e. The van der Waals surface area contributed by atoms with Crippen LogP contribution in [0.3, 0.4) is 0 Å². The van der Waals surface area contributed by atoms with Crippen molar-refractivity contribution in [3.63, 3.8) is 0 Å². The quantitative estimate of drug-likeness (QED) is 0.790. The molecule has 1 rings (SSSR count). The predicted molar refractivity (Wildman–Crippen MR) is 77.7 cm³/mol. The van der Waals surface area contributed by atoms with Crippen molar-refractivity contribution in [2.24, 2.45) is 0 Å². The van der Waals surface area contributed by atoms with Gasteiger partial charge in [-0.15, -0.1) is 0 Å². The maximum Gasteiger partial charge on any atom is 0.324 e. The highest BCUT2D eigenvalue weighted by molar-refractivity contribution is 8.23. The van der Waals surface area contributed by atoms with Gasteiger partial charge in [-0.25, -0.2) is 4.79 Å². The van der Waals surface area contributed by atoms with Crippen LogP contribution < -0.4 is 5.32 Å². The molecule has 0 saturated carbocycles. The van der Waals surface area contributed by atoms with Gasteiger partial charge in [0.1, 0.15) is 4.32 Å². The average Bonchev–Trinajstić information content (AvgIpc) is 2.76. The number of nitrogens with zero attached hydrogens (tertiary/aromatic N) is 2. The van der Waals surface area contributed by atoms with E-state index < -0.39 is 0 Å². The van der Waals surface area contributed by atoms with Gasteiger partial charge in [-0.2, -0.15) is 0 Å². The van der Waals surface area contributed by atoms with Gasteiger partial charge in [0, 0.05) is 26.2 Å². The van der Waals surface area contributed by atoms with Crippen LogP contribution in [0.25, 0.3) is 0 Å². The minimum atomic E-state index is -0.332. The lowest BCUT2D eigenvalue weighted by Crippen LogP contribution is -2.40. The first-order valence-electron chi connectivity index (χ1n) is 6.06. The summed E-state index contributed by atoms with van der Waals surface area (Å²) in [5, 5.41) is 2.29. The van der Waals surface area contributed by atoms with Crippen molar-refractivity contribution in [2.45, 2.75) is 26.0 Å². The maximum absolute atomic E-state index is 12.1. The molecule has 1 N–H and O–H groups in total. The van der Waals surface area contributed by atoms with Crippen LogP contribution >= 0.6 is 24.0 Å². The van der Waals surface area contributed by atoms with E-state index in [1.807, 2.05) is 18.7 Å². The molecule has 0 aromatic carbocycles. The van der Waals surface area contributed by atoms with Gasteiger partial charge in [0.2, 0.25) is 5.91 Å². The van der Waals surface area contributed by atoms with Crippen LogP contribution in [0.5, 0.6) is 0 Å². The molecular weight excluding hydrogens is 270 g/mol. The van der Waals surface area contributed by atoms with Crippen LogP contribution in [0.1, 0.15) is 20.8 Å². The van der Waals surface area contributed by atoms with Crippen molar-refractivity contribution in [3.05, 3.63) is 0 Å². The second-order valence-corrected chi connectivity index (χ2v) is 5.89. The Kier molecular flexibility index (Phi) is 5.87. The summed E-state index contributed by atoms with van der Waals surface area (Å²) in [6, 6.07) is -0.304. The number of nitrogens with one attached hydrogen (secondary N) is 1. The van der Waals surface area contributed by atoms with Crippen molar-refractivity contribution in [2.75, 3.05) is 26.2 Å². The number of hydrogen-bond donors (Lipinski definition) is 1. The Labute approximate surface area is 117 Å². The van der Waals surface area contributed by atoms with E-state index in [-0.39, 0.29) is 17.2 Å². The van der Waals surface area contributed by atoms with Gasteiger partial charge in [0.15, 0.2) is 0 Å². The van der Waals surface area contributed by atoms with Crippen LogP contribution in [0.15, 0.2) is 0 Å². The molecule has 0 bridgehead atoms. The Balaban J connectivity index is 2.54. The van der Waals surface area contributed by atoms with E-state index in [2.05, 4.69) is 5.32 Å².